The molecule has 0 unspecified atom stereocenters. The molecule has 0 radical (unpaired) electrons. The van der Waals surface area contributed by atoms with E-state index in [1.807, 2.05) is 0 Å². The van der Waals surface area contributed by atoms with Crippen LogP contribution < -0.4 is 5.46 Å². The van der Waals surface area contributed by atoms with E-state index in [2.05, 4.69) is 0 Å². The lowest BCUT2D eigenvalue weighted by atomic mass is 9.78. The van der Waals surface area contributed by atoms with E-state index in [1.165, 1.54) is 17.4 Å². The van der Waals surface area contributed by atoms with Crippen LogP contribution in [-0.2, 0) is 0 Å². The third-order valence-corrected chi connectivity index (χ3v) is 3.23. The standard InChI is InChI=1S/C9H8BFO2S/c1-5-9(10(12)13)8-6(11)3-2-4-7(8)14-5/h2-4,12-13H,1H3. The molecule has 2 aromatic rings. The van der Waals surface area contributed by atoms with Gasteiger partial charge < -0.3 is 10.0 Å². The van der Waals surface area contributed by atoms with Crippen LogP contribution in [0.3, 0.4) is 0 Å². The Balaban J connectivity index is 2.86. The second kappa shape index (κ2) is 3.35. The molecule has 0 saturated heterocycles. The summed E-state index contributed by atoms with van der Waals surface area (Å²) in [7, 11) is -1.61. The van der Waals surface area contributed by atoms with E-state index in [0.717, 1.165) is 9.58 Å². The minimum absolute atomic E-state index is 0.281. The number of hydrogen-bond donors (Lipinski definition) is 2. The van der Waals surface area contributed by atoms with Gasteiger partial charge in [-0.25, -0.2) is 4.39 Å². The smallest absolute Gasteiger partial charge is 0.423 e. The number of fused-ring (bicyclic) bond motifs is 1. The van der Waals surface area contributed by atoms with Crippen molar-refractivity contribution in [3.8, 4) is 0 Å². The van der Waals surface area contributed by atoms with Gasteiger partial charge in [0.05, 0.1) is 0 Å². The first-order chi connectivity index (χ1) is 6.61. The molecule has 0 bridgehead atoms. The molecule has 1 aromatic carbocycles. The quantitative estimate of drug-likeness (QED) is 0.690. The van der Waals surface area contributed by atoms with Crippen molar-refractivity contribution >= 4 is 34.0 Å². The lowest BCUT2D eigenvalue weighted by molar-refractivity contribution is 0.426. The van der Waals surface area contributed by atoms with Gasteiger partial charge in [0.2, 0.25) is 0 Å². The van der Waals surface area contributed by atoms with Crippen LogP contribution in [0, 0.1) is 12.7 Å². The maximum atomic E-state index is 13.4. The third kappa shape index (κ3) is 1.34. The first-order valence-electron chi connectivity index (χ1n) is 4.15. The Hall–Kier alpha value is -0.905. The molecule has 2 nitrogen and oxygen atoms in total. The number of thiophene rings is 1. The summed E-state index contributed by atoms with van der Waals surface area (Å²) in [6.45, 7) is 1.75. The van der Waals surface area contributed by atoms with E-state index in [4.69, 9.17) is 10.0 Å². The molecule has 0 saturated carbocycles. The normalized spacial score (nSPS) is 10.9. The molecule has 0 aliphatic carbocycles. The van der Waals surface area contributed by atoms with Crippen LogP contribution in [0.5, 0.6) is 0 Å². The lowest BCUT2D eigenvalue weighted by Crippen LogP contribution is -2.31. The first kappa shape index (κ1) is 9.64. The van der Waals surface area contributed by atoms with Crippen molar-refractivity contribution in [1.82, 2.24) is 0 Å². The summed E-state index contributed by atoms with van der Waals surface area (Å²) in [4.78, 5) is 0.736. The molecule has 0 aliphatic heterocycles. The molecule has 0 fully saturated rings. The maximum absolute atomic E-state index is 13.4. The Morgan fingerprint density at radius 1 is 1.36 bits per heavy atom. The van der Waals surface area contributed by atoms with E-state index in [-0.39, 0.29) is 5.46 Å². The second-order valence-electron chi connectivity index (χ2n) is 3.06. The summed E-state index contributed by atoms with van der Waals surface area (Å²) in [6.07, 6.45) is 0. The Morgan fingerprint density at radius 3 is 2.71 bits per heavy atom. The summed E-state index contributed by atoms with van der Waals surface area (Å²) in [5.74, 6) is -0.407. The van der Waals surface area contributed by atoms with Gasteiger partial charge in [-0.2, -0.15) is 0 Å². The first-order valence-corrected chi connectivity index (χ1v) is 4.96. The van der Waals surface area contributed by atoms with Gasteiger partial charge in [0, 0.05) is 20.4 Å². The van der Waals surface area contributed by atoms with Crippen molar-refractivity contribution in [3.05, 3.63) is 28.9 Å². The van der Waals surface area contributed by atoms with Crippen molar-refractivity contribution in [2.24, 2.45) is 0 Å². The van der Waals surface area contributed by atoms with Crippen LogP contribution in [0.15, 0.2) is 18.2 Å². The Morgan fingerprint density at radius 2 is 2.07 bits per heavy atom. The van der Waals surface area contributed by atoms with Crippen molar-refractivity contribution in [2.75, 3.05) is 0 Å². The van der Waals surface area contributed by atoms with Crippen LogP contribution >= 0.6 is 11.3 Å². The van der Waals surface area contributed by atoms with E-state index in [0.29, 0.717) is 5.39 Å². The average molecular weight is 210 g/mol. The van der Waals surface area contributed by atoms with Gasteiger partial charge >= 0.3 is 7.12 Å². The molecule has 14 heavy (non-hydrogen) atoms. The van der Waals surface area contributed by atoms with Gasteiger partial charge in [0.15, 0.2) is 0 Å². The fourth-order valence-electron chi connectivity index (χ4n) is 1.56. The fraction of sp³-hybridized carbons (Fsp3) is 0.111. The Kier molecular flexibility index (Phi) is 2.30. The SMILES string of the molecule is Cc1sc2cccc(F)c2c1B(O)O. The third-order valence-electron chi connectivity index (χ3n) is 2.15. The van der Waals surface area contributed by atoms with Gasteiger partial charge in [0.1, 0.15) is 5.82 Å². The van der Waals surface area contributed by atoms with E-state index in [1.54, 1.807) is 19.1 Å². The largest absolute Gasteiger partial charge is 0.490 e. The zero-order chi connectivity index (χ0) is 10.3. The van der Waals surface area contributed by atoms with Crippen LogP contribution in [0.1, 0.15) is 4.88 Å². The van der Waals surface area contributed by atoms with Crippen LogP contribution in [0.25, 0.3) is 10.1 Å². The second-order valence-corrected chi connectivity index (χ2v) is 4.31. The predicted octanol–water partition coefficient (Wildman–Crippen LogP) is 1.03. The van der Waals surface area contributed by atoms with Crippen LogP contribution in [0.4, 0.5) is 4.39 Å². The highest BCUT2D eigenvalue weighted by Crippen LogP contribution is 2.25. The molecule has 0 atom stereocenters. The molecule has 5 heteroatoms. The summed E-state index contributed by atoms with van der Waals surface area (Å²) >= 11 is 1.36. The highest BCUT2D eigenvalue weighted by molar-refractivity contribution is 7.20. The molecular weight excluding hydrogens is 202 g/mol. The maximum Gasteiger partial charge on any atom is 0.490 e. The van der Waals surface area contributed by atoms with E-state index < -0.39 is 12.9 Å². The van der Waals surface area contributed by atoms with E-state index in [9.17, 15) is 4.39 Å². The minimum atomic E-state index is -1.61. The number of halogens is 1. The zero-order valence-electron chi connectivity index (χ0n) is 7.49. The molecule has 2 rings (SSSR count). The number of benzene rings is 1. The molecular formula is C9H8BFO2S. The number of aryl methyl sites for hydroxylation is 1. The lowest BCUT2D eigenvalue weighted by Gasteiger charge is -1.99. The highest BCUT2D eigenvalue weighted by Gasteiger charge is 2.22. The van der Waals surface area contributed by atoms with Gasteiger partial charge in [0.25, 0.3) is 0 Å². The number of hydrogen-bond acceptors (Lipinski definition) is 3. The topological polar surface area (TPSA) is 40.5 Å². The van der Waals surface area contributed by atoms with Gasteiger partial charge in [-0.3, -0.25) is 0 Å². The monoisotopic (exact) mass is 210 g/mol. The van der Waals surface area contributed by atoms with Gasteiger partial charge in [-0.1, -0.05) is 6.07 Å². The zero-order valence-corrected chi connectivity index (χ0v) is 8.31. The molecule has 72 valence electrons. The Bertz CT molecular complexity index is 481. The van der Waals surface area contributed by atoms with Gasteiger partial charge in [-0.05, 0) is 19.1 Å². The van der Waals surface area contributed by atoms with Gasteiger partial charge in [-0.15, -0.1) is 11.3 Å². The number of rotatable bonds is 1. The summed E-state index contributed by atoms with van der Waals surface area (Å²) < 4.78 is 14.1. The van der Waals surface area contributed by atoms with Crippen molar-refractivity contribution in [3.63, 3.8) is 0 Å². The van der Waals surface area contributed by atoms with Crippen molar-refractivity contribution < 1.29 is 14.4 Å². The molecule has 2 N–H and O–H groups in total. The van der Waals surface area contributed by atoms with Crippen LogP contribution in [-0.4, -0.2) is 17.2 Å². The Labute approximate surface area is 84.8 Å². The van der Waals surface area contributed by atoms with Crippen molar-refractivity contribution in [2.45, 2.75) is 6.92 Å². The molecule has 1 aromatic heterocycles. The summed E-state index contributed by atoms with van der Waals surface area (Å²) in [6, 6.07) is 4.70. The molecule has 0 aliphatic rings. The summed E-state index contributed by atoms with van der Waals surface area (Å²) in [5, 5.41) is 18.5. The predicted molar refractivity (Wildman–Crippen MR) is 56.3 cm³/mol. The minimum Gasteiger partial charge on any atom is -0.423 e. The molecule has 1 heterocycles. The van der Waals surface area contributed by atoms with E-state index >= 15 is 0 Å². The molecule has 0 spiro atoms. The average Bonchev–Trinajstić information content (AvgIpc) is 2.42. The fourth-order valence-corrected chi connectivity index (χ4v) is 2.66. The van der Waals surface area contributed by atoms with Crippen LogP contribution in [0.2, 0.25) is 0 Å². The highest BCUT2D eigenvalue weighted by atomic mass is 32.1. The summed E-state index contributed by atoms with van der Waals surface area (Å²) in [5.41, 5.74) is 0.281. The van der Waals surface area contributed by atoms with Crippen molar-refractivity contribution in [1.29, 1.82) is 0 Å². The molecule has 0 amide bonds.